The second kappa shape index (κ2) is 5.81. The van der Waals surface area contributed by atoms with Gasteiger partial charge in [-0.25, -0.2) is 0 Å². The average Bonchev–Trinajstić information content (AvgIpc) is 1.81. The van der Waals surface area contributed by atoms with Crippen molar-refractivity contribution < 1.29 is 4.74 Å². The van der Waals surface area contributed by atoms with Crippen LogP contribution in [0.25, 0.3) is 0 Å². The Morgan fingerprint density at radius 3 is 1.91 bits per heavy atom. The highest BCUT2D eigenvalue weighted by atomic mass is 35.5. The van der Waals surface area contributed by atoms with Crippen LogP contribution in [-0.2, 0) is 4.74 Å². The van der Waals surface area contributed by atoms with Gasteiger partial charge in [0, 0.05) is 13.7 Å². The first kappa shape index (κ1) is 13.8. The first-order chi connectivity index (χ1) is 4.49. The van der Waals surface area contributed by atoms with Gasteiger partial charge in [0.25, 0.3) is 0 Å². The molecule has 1 atom stereocenters. The van der Waals surface area contributed by atoms with Crippen LogP contribution in [0.3, 0.4) is 0 Å². The molecule has 11 heavy (non-hydrogen) atoms. The van der Waals surface area contributed by atoms with Gasteiger partial charge in [0.15, 0.2) is 0 Å². The van der Waals surface area contributed by atoms with Gasteiger partial charge in [-0.3, -0.25) is 0 Å². The van der Waals surface area contributed by atoms with Crippen molar-refractivity contribution >= 4 is 12.4 Å². The SMILES string of the molecule is COC(CN)CC(C)(C)C.Cl. The van der Waals surface area contributed by atoms with E-state index in [1.54, 1.807) is 7.11 Å². The highest BCUT2D eigenvalue weighted by Crippen LogP contribution is 2.21. The Morgan fingerprint density at radius 2 is 1.82 bits per heavy atom. The Kier molecular flexibility index (Phi) is 7.28. The lowest BCUT2D eigenvalue weighted by atomic mass is 9.89. The summed E-state index contributed by atoms with van der Waals surface area (Å²) in [5, 5.41) is 0. The number of methoxy groups -OCH3 is 1. The van der Waals surface area contributed by atoms with Crippen LogP contribution in [-0.4, -0.2) is 19.8 Å². The van der Waals surface area contributed by atoms with E-state index in [0.29, 0.717) is 12.0 Å². The van der Waals surface area contributed by atoms with Crippen LogP contribution >= 0.6 is 12.4 Å². The van der Waals surface area contributed by atoms with E-state index in [4.69, 9.17) is 10.5 Å². The Hall–Kier alpha value is 0.210. The minimum atomic E-state index is 0. The van der Waals surface area contributed by atoms with Crippen LogP contribution in [0.4, 0.5) is 0 Å². The largest absolute Gasteiger partial charge is 0.380 e. The molecule has 0 aromatic rings. The van der Waals surface area contributed by atoms with E-state index in [1.807, 2.05) is 0 Å². The molecule has 0 amide bonds. The summed E-state index contributed by atoms with van der Waals surface area (Å²) in [4.78, 5) is 0. The van der Waals surface area contributed by atoms with Crippen LogP contribution in [0, 0.1) is 5.41 Å². The van der Waals surface area contributed by atoms with E-state index in [-0.39, 0.29) is 18.5 Å². The lowest BCUT2D eigenvalue weighted by molar-refractivity contribution is 0.0728. The quantitative estimate of drug-likeness (QED) is 0.721. The third kappa shape index (κ3) is 8.11. The van der Waals surface area contributed by atoms with Crippen LogP contribution < -0.4 is 5.73 Å². The van der Waals surface area contributed by atoms with Crippen molar-refractivity contribution in [1.29, 1.82) is 0 Å². The van der Waals surface area contributed by atoms with Gasteiger partial charge < -0.3 is 10.5 Å². The number of hydrogen-bond donors (Lipinski definition) is 1. The molecule has 3 heteroatoms. The molecule has 0 radical (unpaired) electrons. The molecule has 0 aliphatic carbocycles. The van der Waals surface area contributed by atoms with Gasteiger partial charge in [0.2, 0.25) is 0 Å². The molecule has 0 saturated carbocycles. The summed E-state index contributed by atoms with van der Waals surface area (Å²) in [6, 6.07) is 0. The molecule has 0 aliphatic rings. The predicted octanol–water partition coefficient (Wildman–Crippen LogP) is 1.82. The molecule has 0 saturated heterocycles. The molecule has 70 valence electrons. The molecule has 0 aromatic carbocycles. The Labute approximate surface area is 75.9 Å². The van der Waals surface area contributed by atoms with Gasteiger partial charge >= 0.3 is 0 Å². The maximum absolute atomic E-state index is 5.47. The molecule has 0 heterocycles. The van der Waals surface area contributed by atoms with Crippen molar-refractivity contribution in [2.24, 2.45) is 11.1 Å². The number of ether oxygens (including phenoxy) is 1. The molecular weight excluding hydrogens is 162 g/mol. The minimum absolute atomic E-state index is 0. The zero-order chi connectivity index (χ0) is 8.20. The maximum atomic E-state index is 5.47. The monoisotopic (exact) mass is 181 g/mol. The zero-order valence-corrected chi connectivity index (χ0v) is 8.70. The van der Waals surface area contributed by atoms with Gasteiger partial charge in [0.05, 0.1) is 6.10 Å². The first-order valence-corrected chi connectivity index (χ1v) is 3.72. The minimum Gasteiger partial charge on any atom is -0.380 e. The molecule has 0 rings (SSSR count). The van der Waals surface area contributed by atoms with Crippen LogP contribution in [0.1, 0.15) is 27.2 Å². The standard InChI is InChI=1S/C8H19NO.ClH/c1-8(2,3)5-7(6-9)10-4;/h7H,5-6,9H2,1-4H3;1H. The Bertz CT molecular complexity index is 86.6. The second-order valence-corrected chi connectivity index (χ2v) is 3.86. The molecule has 2 nitrogen and oxygen atoms in total. The van der Waals surface area contributed by atoms with E-state index >= 15 is 0 Å². The third-order valence-electron chi connectivity index (χ3n) is 1.44. The fourth-order valence-corrected chi connectivity index (χ4v) is 0.946. The van der Waals surface area contributed by atoms with Crippen molar-refractivity contribution in [3.8, 4) is 0 Å². The summed E-state index contributed by atoms with van der Waals surface area (Å²) in [5.41, 5.74) is 5.78. The number of hydrogen-bond acceptors (Lipinski definition) is 2. The summed E-state index contributed by atoms with van der Waals surface area (Å²) in [6.07, 6.45) is 1.25. The molecule has 0 aliphatic heterocycles. The third-order valence-corrected chi connectivity index (χ3v) is 1.44. The fourth-order valence-electron chi connectivity index (χ4n) is 0.946. The normalized spacial score (nSPS) is 13.9. The van der Waals surface area contributed by atoms with Gasteiger partial charge in [-0.05, 0) is 11.8 Å². The smallest absolute Gasteiger partial charge is 0.0698 e. The number of halogens is 1. The number of rotatable bonds is 3. The molecular formula is C8H20ClNO. The zero-order valence-electron chi connectivity index (χ0n) is 7.89. The van der Waals surface area contributed by atoms with E-state index in [0.717, 1.165) is 6.42 Å². The van der Waals surface area contributed by atoms with Crippen molar-refractivity contribution in [2.75, 3.05) is 13.7 Å². The van der Waals surface area contributed by atoms with E-state index in [2.05, 4.69) is 20.8 Å². The van der Waals surface area contributed by atoms with E-state index in [1.165, 1.54) is 0 Å². The van der Waals surface area contributed by atoms with Crippen molar-refractivity contribution in [3.63, 3.8) is 0 Å². The van der Waals surface area contributed by atoms with Crippen molar-refractivity contribution in [3.05, 3.63) is 0 Å². The van der Waals surface area contributed by atoms with Crippen LogP contribution in [0.5, 0.6) is 0 Å². The van der Waals surface area contributed by atoms with Gasteiger partial charge in [0.1, 0.15) is 0 Å². The second-order valence-electron chi connectivity index (χ2n) is 3.86. The maximum Gasteiger partial charge on any atom is 0.0698 e. The highest BCUT2D eigenvalue weighted by molar-refractivity contribution is 5.85. The lowest BCUT2D eigenvalue weighted by Gasteiger charge is -2.23. The Morgan fingerprint density at radius 1 is 1.36 bits per heavy atom. The van der Waals surface area contributed by atoms with Crippen LogP contribution in [0.2, 0.25) is 0 Å². The molecule has 2 N–H and O–H groups in total. The number of nitrogens with two attached hydrogens (primary N) is 1. The van der Waals surface area contributed by atoms with E-state index in [9.17, 15) is 0 Å². The average molecular weight is 182 g/mol. The summed E-state index contributed by atoms with van der Waals surface area (Å²) in [6.45, 7) is 7.19. The first-order valence-electron chi connectivity index (χ1n) is 3.72. The summed E-state index contributed by atoms with van der Waals surface area (Å²) >= 11 is 0. The summed E-state index contributed by atoms with van der Waals surface area (Å²) < 4.78 is 5.15. The van der Waals surface area contributed by atoms with Gasteiger partial charge in [-0.15, -0.1) is 12.4 Å². The molecule has 0 fully saturated rings. The molecule has 0 spiro atoms. The van der Waals surface area contributed by atoms with E-state index < -0.39 is 0 Å². The summed E-state index contributed by atoms with van der Waals surface area (Å²) in [7, 11) is 1.71. The highest BCUT2D eigenvalue weighted by Gasteiger charge is 2.16. The van der Waals surface area contributed by atoms with Crippen molar-refractivity contribution in [1.82, 2.24) is 0 Å². The predicted molar refractivity (Wildman–Crippen MR) is 51.2 cm³/mol. The molecule has 0 aromatic heterocycles. The fraction of sp³-hybridized carbons (Fsp3) is 1.00. The Balaban J connectivity index is 0. The van der Waals surface area contributed by atoms with Crippen molar-refractivity contribution in [2.45, 2.75) is 33.3 Å². The topological polar surface area (TPSA) is 35.2 Å². The van der Waals surface area contributed by atoms with Gasteiger partial charge in [-0.1, -0.05) is 20.8 Å². The summed E-state index contributed by atoms with van der Waals surface area (Å²) in [5.74, 6) is 0. The van der Waals surface area contributed by atoms with Crippen LogP contribution in [0.15, 0.2) is 0 Å². The molecule has 1 unspecified atom stereocenters. The van der Waals surface area contributed by atoms with Gasteiger partial charge in [-0.2, -0.15) is 0 Å². The lowest BCUT2D eigenvalue weighted by Crippen LogP contribution is -2.27. The molecule has 0 bridgehead atoms.